The maximum absolute atomic E-state index is 2.38. The van der Waals surface area contributed by atoms with E-state index in [0.29, 0.717) is 0 Å². The lowest BCUT2D eigenvalue weighted by molar-refractivity contribution is 0.282. The first-order chi connectivity index (χ1) is 8.49. The van der Waals surface area contributed by atoms with Crippen molar-refractivity contribution in [3.8, 4) is 0 Å². The van der Waals surface area contributed by atoms with E-state index in [-0.39, 0.29) is 0 Å². The Bertz CT molecular complexity index is 200. The van der Waals surface area contributed by atoms with Gasteiger partial charge in [-0.1, -0.05) is 78.9 Å². The molecule has 0 fully saturated rings. The van der Waals surface area contributed by atoms with E-state index in [0.717, 1.165) is 23.7 Å². The Balaban J connectivity index is 3.78. The molecule has 0 aromatic heterocycles. The Morgan fingerprint density at radius 2 is 1.33 bits per heavy atom. The highest BCUT2D eigenvalue weighted by Gasteiger charge is 2.17. The van der Waals surface area contributed by atoms with Crippen LogP contribution >= 0.6 is 0 Å². The maximum atomic E-state index is 2.38. The molecule has 108 valence electrons. The Labute approximate surface area is 116 Å². The molecule has 0 aliphatic rings. The fourth-order valence-corrected chi connectivity index (χ4v) is 2.94. The van der Waals surface area contributed by atoms with Crippen molar-refractivity contribution in [2.24, 2.45) is 23.7 Å². The van der Waals surface area contributed by atoms with Crippen molar-refractivity contribution in [3.05, 3.63) is 12.2 Å². The van der Waals surface area contributed by atoms with Gasteiger partial charge in [0.2, 0.25) is 0 Å². The van der Waals surface area contributed by atoms with Crippen molar-refractivity contribution in [1.29, 1.82) is 0 Å². The predicted molar refractivity (Wildman–Crippen MR) is 84.8 cm³/mol. The highest BCUT2D eigenvalue weighted by molar-refractivity contribution is 4.88. The molecule has 0 aromatic carbocycles. The van der Waals surface area contributed by atoms with Gasteiger partial charge in [-0.05, 0) is 37.0 Å². The van der Waals surface area contributed by atoms with Crippen LogP contribution < -0.4 is 0 Å². The van der Waals surface area contributed by atoms with Crippen LogP contribution in [0.2, 0.25) is 0 Å². The minimum atomic E-state index is 0.741. The van der Waals surface area contributed by atoms with Crippen molar-refractivity contribution >= 4 is 0 Å². The molecule has 0 spiro atoms. The zero-order chi connectivity index (χ0) is 14.0. The molecule has 0 saturated carbocycles. The van der Waals surface area contributed by atoms with E-state index in [1.807, 2.05) is 0 Å². The molecule has 0 aromatic rings. The molecule has 0 radical (unpaired) electrons. The third-order valence-electron chi connectivity index (χ3n) is 4.10. The summed E-state index contributed by atoms with van der Waals surface area (Å²) in [5.74, 6) is 3.30. The monoisotopic (exact) mass is 252 g/mol. The minimum absolute atomic E-state index is 0.741. The standard InChI is InChI=1S/C18H36/c1-7-12-17(6)18(16(4)5)14-11-9-8-10-13-15(2)3/h7,12,15-18H,8-11,13-14H2,1-6H3. The van der Waals surface area contributed by atoms with E-state index in [9.17, 15) is 0 Å². The van der Waals surface area contributed by atoms with E-state index < -0.39 is 0 Å². The molecule has 0 N–H and O–H groups in total. The predicted octanol–water partition coefficient (Wildman–Crippen LogP) is 6.47. The van der Waals surface area contributed by atoms with Crippen molar-refractivity contribution in [2.75, 3.05) is 0 Å². The first-order valence-electron chi connectivity index (χ1n) is 8.11. The molecule has 0 saturated heterocycles. The first kappa shape index (κ1) is 17.7. The van der Waals surface area contributed by atoms with Crippen LogP contribution in [-0.4, -0.2) is 0 Å². The summed E-state index contributed by atoms with van der Waals surface area (Å²) in [5.41, 5.74) is 0. The molecule has 18 heavy (non-hydrogen) atoms. The molecule has 0 nitrogen and oxygen atoms in total. The molecule has 0 heterocycles. The van der Waals surface area contributed by atoms with Crippen LogP contribution in [0.3, 0.4) is 0 Å². The van der Waals surface area contributed by atoms with E-state index in [2.05, 4.69) is 53.7 Å². The lowest BCUT2D eigenvalue weighted by Gasteiger charge is -2.25. The number of allylic oxidation sites excluding steroid dienone is 2. The maximum Gasteiger partial charge on any atom is -0.0231 e. The number of unbranched alkanes of at least 4 members (excludes halogenated alkanes) is 3. The largest absolute Gasteiger partial charge is 0.0914 e. The molecule has 0 aliphatic heterocycles. The van der Waals surface area contributed by atoms with Crippen molar-refractivity contribution in [1.82, 2.24) is 0 Å². The van der Waals surface area contributed by atoms with Gasteiger partial charge in [-0.25, -0.2) is 0 Å². The van der Waals surface area contributed by atoms with Gasteiger partial charge in [0.25, 0.3) is 0 Å². The third kappa shape index (κ3) is 8.78. The van der Waals surface area contributed by atoms with E-state index >= 15 is 0 Å². The van der Waals surface area contributed by atoms with Crippen LogP contribution in [0.25, 0.3) is 0 Å². The van der Waals surface area contributed by atoms with Crippen molar-refractivity contribution < 1.29 is 0 Å². The summed E-state index contributed by atoms with van der Waals surface area (Å²) < 4.78 is 0. The van der Waals surface area contributed by atoms with Gasteiger partial charge in [-0.3, -0.25) is 0 Å². The summed E-state index contributed by atoms with van der Waals surface area (Å²) in [7, 11) is 0. The van der Waals surface area contributed by atoms with Gasteiger partial charge >= 0.3 is 0 Å². The van der Waals surface area contributed by atoms with E-state index in [1.165, 1.54) is 38.5 Å². The summed E-state index contributed by atoms with van der Waals surface area (Å²) in [6, 6.07) is 0. The molecule has 0 amide bonds. The molecule has 2 atom stereocenters. The zero-order valence-electron chi connectivity index (χ0n) is 13.7. The van der Waals surface area contributed by atoms with Crippen LogP contribution in [-0.2, 0) is 0 Å². The summed E-state index contributed by atoms with van der Waals surface area (Å²) in [5, 5.41) is 0. The third-order valence-corrected chi connectivity index (χ3v) is 4.10. The topological polar surface area (TPSA) is 0 Å². The van der Waals surface area contributed by atoms with Crippen LogP contribution in [0.4, 0.5) is 0 Å². The fourth-order valence-electron chi connectivity index (χ4n) is 2.94. The van der Waals surface area contributed by atoms with Gasteiger partial charge in [0.05, 0.1) is 0 Å². The van der Waals surface area contributed by atoms with Gasteiger partial charge in [-0.2, -0.15) is 0 Å². The first-order valence-corrected chi connectivity index (χ1v) is 8.11. The summed E-state index contributed by atoms with van der Waals surface area (Å²) in [6.07, 6.45) is 13.1. The summed E-state index contributed by atoms with van der Waals surface area (Å²) in [4.78, 5) is 0. The second kappa shape index (κ2) is 10.6. The number of rotatable bonds is 10. The average Bonchev–Trinajstić information content (AvgIpc) is 2.27. The van der Waals surface area contributed by atoms with Crippen LogP contribution in [0.15, 0.2) is 12.2 Å². The quantitative estimate of drug-likeness (QED) is 0.309. The van der Waals surface area contributed by atoms with E-state index in [1.54, 1.807) is 0 Å². The highest BCUT2D eigenvalue weighted by atomic mass is 14.2. The molecular formula is C18H36. The molecule has 2 unspecified atom stereocenters. The Hall–Kier alpha value is -0.260. The van der Waals surface area contributed by atoms with Crippen LogP contribution in [0, 0.1) is 23.7 Å². The minimum Gasteiger partial charge on any atom is -0.0914 e. The summed E-state index contributed by atoms with van der Waals surface area (Å²) in [6.45, 7) is 13.9. The number of hydrogen-bond acceptors (Lipinski definition) is 0. The fraction of sp³-hybridized carbons (Fsp3) is 0.889. The Morgan fingerprint density at radius 3 is 1.78 bits per heavy atom. The Kier molecular flexibility index (Phi) is 10.5. The zero-order valence-corrected chi connectivity index (χ0v) is 13.7. The number of hydrogen-bond donors (Lipinski definition) is 0. The smallest absolute Gasteiger partial charge is 0.0231 e. The molecule has 0 aliphatic carbocycles. The van der Waals surface area contributed by atoms with Crippen molar-refractivity contribution in [3.63, 3.8) is 0 Å². The van der Waals surface area contributed by atoms with E-state index in [4.69, 9.17) is 0 Å². The van der Waals surface area contributed by atoms with Crippen LogP contribution in [0.1, 0.15) is 80.1 Å². The normalized spacial score (nSPS) is 15.8. The summed E-state index contributed by atoms with van der Waals surface area (Å²) >= 11 is 0. The van der Waals surface area contributed by atoms with Gasteiger partial charge < -0.3 is 0 Å². The van der Waals surface area contributed by atoms with Gasteiger partial charge in [0.15, 0.2) is 0 Å². The van der Waals surface area contributed by atoms with Crippen LogP contribution in [0.5, 0.6) is 0 Å². The molecule has 0 heteroatoms. The molecule has 0 rings (SSSR count). The van der Waals surface area contributed by atoms with Crippen molar-refractivity contribution in [2.45, 2.75) is 80.1 Å². The lowest BCUT2D eigenvalue weighted by atomic mass is 9.80. The highest BCUT2D eigenvalue weighted by Crippen LogP contribution is 2.28. The van der Waals surface area contributed by atoms with Gasteiger partial charge in [0, 0.05) is 0 Å². The lowest BCUT2D eigenvalue weighted by Crippen LogP contribution is -2.16. The van der Waals surface area contributed by atoms with Gasteiger partial charge in [-0.15, -0.1) is 0 Å². The SMILES string of the molecule is CC=CC(C)C(CCCCCCC(C)C)C(C)C. The second-order valence-corrected chi connectivity index (χ2v) is 6.68. The molecule has 0 bridgehead atoms. The Morgan fingerprint density at radius 1 is 0.778 bits per heavy atom. The molecular weight excluding hydrogens is 216 g/mol. The second-order valence-electron chi connectivity index (χ2n) is 6.68. The average molecular weight is 252 g/mol. The van der Waals surface area contributed by atoms with Gasteiger partial charge in [0.1, 0.15) is 0 Å².